The van der Waals surface area contributed by atoms with E-state index in [9.17, 15) is 14.9 Å². The molecule has 0 fully saturated rings. The van der Waals surface area contributed by atoms with Crippen LogP contribution in [0.2, 0.25) is 0 Å². The molecule has 3 rings (SSSR count). The van der Waals surface area contributed by atoms with Gasteiger partial charge in [-0.05, 0) is 31.5 Å². The highest BCUT2D eigenvalue weighted by Crippen LogP contribution is 2.24. The van der Waals surface area contributed by atoms with Gasteiger partial charge in [-0.15, -0.1) is 10.2 Å². The first-order chi connectivity index (χ1) is 14.5. The second-order valence-corrected chi connectivity index (χ2v) is 7.25. The summed E-state index contributed by atoms with van der Waals surface area (Å²) in [7, 11) is 0. The third-order valence-electron chi connectivity index (χ3n) is 4.27. The molecule has 0 radical (unpaired) electrons. The number of nitro benzene ring substituents is 1. The number of benzene rings is 2. The van der Waals surface area contributed by atoms with Crippen LogP contribution < -0.4 is 10.1 Å². The van der Waals surface area contributed by atoms with Crippen molar-refractivity contribution in [1.82, 2.24) is 14.8 Å². The summed E-state index contributed by atoms with van der Waals surface area (Å²) in [6, 6.07) is 13.7. The summed E-state index contributed by atoms with van der Waals surface area (Å²) in [4.78, 5) is 22.8. The molecule has 0 atom stereocenters. The van der Waals surface area contributed by atoms with Crippen molar-refractivity contribution < 1.29 is 14.5 Å². The number of nitrogens with zero attached hydrogens (tertiary/aromatic N) is 4. The van der Waals surface area contributed by atoms with E-state index in [0.29, 0.717) is 17.5 Å². The molecule has 2 aromatic carbocycles. The fraction of sp³-hybridized carbons (Fsp3) is 0.250. The lowest BCUT2D eigenvalue weighted by molar-refractivity contribution is -0.383. The number of thioether (sulfide) groups is 1. The van der Waals surface area contributed by atoms with Gasteiger partial charge in [0.25, 0.3) is 5.69 Å². The van der Waals surface area contributed by atoms with Crippen molar-refractivity contribution in [2.75, 3.05) is 11.1 Å². The Hall–Kier alpha value is -3.40. The van der Waals surface area contributed by atoms with Gasteiger partial charge in [0.2, 0.25) is 5.91 Å². The van der Waals surface area contributed by atoms with Crippen LogP contribution in [0.3, 0.4) is 0 Å². The highest BCUT2D eigenvalue weighted by Gasteiger charge is 2.17. The Balaban J connectivity index is 1.61. The zero-order valence-electron chi connectivity index (χ0n) is 16.6. The molecule has 1 N–H and O–H groups in total. The average Bonchev–Trinajstić information content (AvgIpc) is 3.13. The van der Waals surface area contributed by atoms with E-state index in [1.54, 1.807) is 12.1 Å². The molecule has 30 heavy (non-hydrogen) atoms. The monoisotopic (exact) mass is 427 g/mol. The van der Waals surface area contributed by atoms with Crippen molar-refractivity contribution in [1.29, 1.82) is 0 Å². The Morgan fingerprint density at radius 1 is 1.20 bits per heavy atom. The molecule has 0 spiro atoms. The maximum atomic E-state index is 12.3. The first-order valence-electron chi connectivity index (χ1n) is 9.26. The minimum absolute atomic E-state index is 0.0445. The lowest BCUT2D eigenvalue weighted by Gasteiger charge is -2.10. The molecule has 0 aliphatic rings. The first kappa shape index (κ1) is 21.3. The van der Waals surface area contributed by atoms with E-state index in [1.165, 1.54) is 23.9 Å². The molecule has 0 unspecified atom stereocenters. The summed E-state index contributed by atoms with van der Waals surface area (Å²) in [5.41, 5.74) is 1.04. The van der Waals surface area contributed by atoms with Gasteiger partial charge in [0.15, 0.2) is 11.0 Å². The van der Waals surface area contributed by atoms with Crippen molar-refractivity contribution >= 4 is 29.0 Å². The van der Waals surface area contributed by atoms with Gasteiger partial charge in [-0.3, -0.25) is 14.9 Å². The molecule has 0 aliphatic carbocycles. The molecule has 10 heteroatoms. The van der Waals surface area contributed by atoms with Gasteiger partial charge >= 0.3 is 0 Å². The Labute approximate surface area is 177 Å². The van der Waals surface area contributed by atoms with E-state index in [-0.39, 0.29) is 29.6 Å². The van der Waals surface area contributed by atoms with Crippen LogP contribution in [-0.2, 0) is 17.9 Å². The first-order valence-corrected chi connectivity index (χ1v) is 10.2. The van der Waals surface area contributed by atoms with Crippen LogP contribution in [0.25, 0.3) is 0 Å². The van der Waals surface area contributed by atoms with Gasteiger partial charge < -0.3 is 14.6 Å². The second kappa shape index (κ2) is 9.88. The number of hydrogen-bond donors (Lipinski definition) is 1. The summed E-state index contributed by atoms with van der Waals surface area (Å²) in [5, 5.41) is 22.6. The second-order valence-electron chi connectivity index (χ2n) is 6.31. The fourth-order valence-electron chi connectivity index (χ4n) is 2.77. The van der Waals surface area contributed by atoms with Crippen LogP contribution in [0.5, 0.6) is 5.75 Å². The quantitative estimate of drug-likeness (QED) is 0.314. The number of anilines is 1. The number of nitrogens with one attached hydrogen (secondary N) is 1. The Bertz CT molecular complexity index is 1050. The minimum Gasteiger partial charge on any atom is -0.485 e. The zero-order valence-corrected chi connectivity index (χ0v) is 17.4. The fourth-order valence-corrected chi connectivity index (χ4v) is 3.59. The topological polar surface area (TPSA) is 112 Å². The lowest BCUT2D eigenvalue weighted by Crippen LogP contribution is -2.15. The number of carbonyl (C=O) groups excluding carboxylic acids is 1. The van der Waals surface area contributed by atoms with E-state index in [1.807, 2.05) is 42.7 Å². The van der Waals surface area contributed by atoms with Crippen LogP contribution in [0, 0.1) is 17.0 Å². The van der Waals surface area contributed by atoms with E-state index >= 15 is 0 Å². The number of hydrogen-bond acceptors (Lipinski definition) is 7. The van der Waals surface area contributed by atoms with Crippen LogP contribution in [0.4, 0.5) is 11.4 Å². The number of carbonyl (C=O) groups is 1. The van der Waals surface area contributed by atoms with Gasteiger partial charge in [0, 0.05) is 12.6 Å². The minimum atomic E-state index is -0.531. The SMILES string of the molecule is CCn1c(COc2ccccc2C)nnc1SCC(=O)Nc1ccccc1[N+](=O)[O-]. The van der Waals surface area contributed by atoms with E-state index < -0.39 is 4.92 Å². The van der Waals surface area contributed by atoms with Gasteiger partial charge in [-0.25, -0.2) is 0 Å². The van der Waals surface area contributed by atoms with Crippen molar-refractivity contribution in [2.45, 2.75) is 32.2 Å². The Morgan fingerprint density at radius 2 is 1.93 bits per heavy atom. The molecule has 1 aromatic heterocycles. The summed E-state index contributed by atoms with van der Waals surface area (Å²) in [6.07, 6.45) is 0. The number of nitro groups is 1. The third-order valence-corrected chi connectivity index (χ3v) is 5.23. The van der Waals surface area contributed by atoms with Crippen molar-refractivity contribution in [2.24, 2.45) is 0 Å². The molecular weight excluding hydrogens is 406 g/mol. The maximum Gasteiger partial charge on any atom is 0.292 e. The van der Waals surface area contributed by atoms with Crippen LogP contribution >= 0.6 is 11.8 Å². The number of para-hydroxylation sites is 3. The molecule has 9 nitrogen and oxygen atoms in total. The largest absolute Gasteiger partial charge is 0.485 e. The van der Waals surface area contributed by atoms with Gasteiger partial charge in [0.05, 0.1) is 10.7 Å². The van der Waals surface area contributed by atoms with E-state index in [0.717, 1.165) is 11.3 Å². The van der Waals surface area contributed by atoms with Crippen molar-refractivity contribution in [3.63, 3.8) is 0 Å². The molecular formula is C20H21N5O4S. The van der Waals surface area contributed by atoms with Crippen molar-refractivity contribution in [3.8, 4) is 5.75 Å². The number of aromatic nitrogens is 3. The number of ether oxygens (including phenoxy) is 1. The number of amides is 1. The molecule has 1 heterocycles. The van der Waals surface area contributed by atoms with Gasteiger partial charge in [-0.1, -0.05) is 42.1 Å². The van der Waals surface area contributed by atoms with Crippen LogP contribution in [0.15, 0.2) is 53.7 Å². The summed E-state index contributed by atoms with van der Waals surface area (Å²) < 4.78 is 7.72. The smallest absolute Gasteiger partial charge is 0.292 e. The molecule has 3 aromatic rings. The van der Waals surface area contributed by atoms with Gasteiger partial charge in [0.1, 0.15) is 18.0 Å². The Kier molecular flexibility index (Phi) is 7.02. The average molecular weight is 427 g/mol. The lowest BCUT2D eigenvalue weighted by atomic mass is 10.2. The molecule has 156 valence electrons. The predicted molar refractivity (Wildman–Crippen MR) is 114 cm³/mol. The maximum absolute atomic E-state index is 12.3. The third kappa shape index (κ3) is 5.15. The van der Waals surface area contributed by atoms with E-state index in [4.69, 9.17) is 4.74 Å². The molecule has 0 aliphatic heterocycles. The number of rotatable bonds is 9. The molecule has 0 bridgehead atoms. The van der Waals surface area contributed by atoms with Crippen LogP contribution in [-0.4, -0.2) is 31.3 Å². The highest BCUT2D eigenvalue weighted by molar-refractivity contribution is 7.99. The molecule has 0 saturated carbocycles. The zero-order chi connectivity index (χ0) is 21.5. The van der Waals surface area contributed by atoms with Crippen molar-refractivity contribution in [3.05, 3.63) is 70.0 Å². The summed E-state index contributed by atoms with van der Waals surface area (Å²) >= 11 is 1.21. The normalized spacial score (nSPS) is 10.6. The molecule has 0 saturated heterocycles. The summed E-state index contributed by atoms with van der Waals surface area (Å²) in [6.45, 7) is 4.80. The highest BCUT2D eigenvalue weighted by atomic mass is 32.2. The Morgan fingerprint density at radius 3 is 2.67 bits per heavy atom. The van der Waals surface area contributed by atoms with Gasteiger partial charge in [-0.2, -0.15) is 0 Å². The molecule has 1 amide bonds. The van der Waals surface area contributed by atoms with Crippen LogP contribution in [0.1, 0.15) is 18.3 Å². The predicted octanol–water partition coefficient (Wildman–Crippen LogP) is 3.82. The standard InChI is InChI=1S/C20H21N5O4S/c1-3-24-18(12-29-17-11-7-4-8-14(17)2)22-23-20(24)30-13-19(26)21-15-9-5-6-10-16(15)25(27)28/h4-11H,3,12-13H2,1-2H3,(H,21,26). The summed E-state index contributed by atoms with van der Waals surface area (Å²) in [5.74, 6) is 1.12. The van der Waals surface area contributed by atoms with E-state index in [2.05, 4.69) is 15.5 Å². The number of aryl methyl sites for hydroxylation is 1.